The zero-order chi connectivity index (χ0) is 15.6. The third-order valence-corrected chi connectivity index (χ3v) is 2.90. The number of rotatable bonds is 4. The summed E-state index contributed by atoms with van der Waals surface area (Å²) in [5.41, 5.74) is 0.381. The number of aromatic carboxylic acids is 1. The number of halogens is 1. The molecule has 21 heavy (non-hydrogen) atoms. The van der Waals surface area contributed by atoms with Crippen LogP contribution < -0.4 is 5.32 Å². The van der Waals surface area contributed by atoms with Crippen molar-refractivity contribution in [2.24, 2.45) is 0 Å². The summed E-state index contributed by atoms with van der Waals surface area (Å²) in [5, 5.41) is 22.5. The number of aryl methyl sites for hydroxylation is 1. The summed E-state index contributed by atoms with van der Waals surface area (Å²) >= 11 is 0. The van der Waals surface area contributed by atoms with Gasteiger partial charge in [0.1, 0.15) is 5.82 Å². The molecule has 108 valence electrons. The van der Waals surface area contributed by atoms with Crippen molar-refractivity contribution >= 4 is 23.0 Å². The molecule has 0 heterocycles. The van der Waals surface area contributed by atoms with Crippen LogP contribution in [0.5, 0.6) is 0 Å². The highest BCUT2D eigenvalue weighted by Crippen LogP contribution is 2.26. The monoisotopic (exact) mass is 290 g/mol. The van der Waals surface area contributed by atoms with Crippen LogP contribution in [0.3, 0.4) is 0 Å². The smallest absolute Gasteiger partial charge is 0.338 e. The fourth-order valence-corrected chi connectivity index (χ4v) is 1.76. The van der Waals surface area contributed by atoms with E-state index in [1.54, 1.807) is 19.1 Å². The molecule has 0 spiro atoms. The van der Waals surface area contributed by atoms with Crippen LogP contribution in [0.25, 0.3) is 0 Å². The molecule has 0 aliphatic rings. The fourth-order valence-electron chi connectivity index (χ4n) is 1.76. The molecular weight excluding hydrogens is 279 g/mol. The molecule has 0 saturated heterocycles. The number of hydrogen-bond donors (Lipinski definition) is 2. The largest absolute Gasteiger partial charge is 0.478 e. The van der Waals surface area contributed by atoms with E-state index in [-0.39, 0.29) is 16.9 Å². The van der Waals surface area contributed by atoms with Crippen molar-refractivity contribution in [2.75, 3.05) is 5.32 Å². The van der Waals surface area contributed by atoms with Gasteiger partial charge in [0.05, 0.1) is 16.2 Å². The summed E-state index contributed by atoms with van der Waals surface area (Å²) in [6.07, 6.45) is 0. The summed E-state index contributed by atoms with van der Waals surface area (Å²) in [6, 6.07) is 7.77. The topological polar surface area (TPSA) is 92.5 Å². The number of nitrogens with one attached hydrogen (secondary N) is 1. The Morgan fingerprint density at radius 2 is 2.00 bits per heavy atom. The number of anilines is 2. The van der Waals surface area contributed by atoms with E-state index >= 15 is 0 Å². The van der Waals surface area contributed by atoms with Gasteiger partial charge in [-0.2, -0.15) is 0 Å². The molecule has 0 atom stereocenters. The Kier molecular flexibility index (Phi) is 3.84. The Morgan fingerprint density at radius 3 is 2.57 bits per heavy atom. The highest BCUT2D eigenvalue weighted by molar-refractivity contribution is 5.96. The Hall–Kier alpha value is -2.96. The van der Waals surface area contributed by atoms with Gasteiger partial charge in [0.2, 0.25) is 0 Å². The first-order chi connectivity index (χ1) is 9.88. The maximum atomic E-state index is 13.5. The van der Waals surface area contributed by atoms with Crippen LogP contribution in [0, 0.1) is 22.9 Å². The average Bonchev–Trinajstić information content (AvgIpc) is 2.43. The number of carboxylic acids is 1. The van der Waals surface area contributed by atoms with E-state index in [2.05, 4.69) is 5.32 Å². The van der Waals surface area contributed by atoms with Gasteiger partial charge in [-0.1, -0.05) is 6.07 Å². The maximum Gasteiger partial charge on any atom is 0.338 e. The minimum Gasteiger partial charge on any atom is -0.478 e. The number of hydrogen-bond acceptors (Lipinski definition) is 4. The number of carboxylic acid groups (broad SMARTS) is 1. The van der Waals surface area contributed by atoms with E-state index in [4.69, 9.17) is 5.11 Å². The van der Waals surface area contributed by atoms with Crippen molar-refractivity contribution < 1.29 is 19.2 Å². The first-order valence-electron chi connectivity index (χ1n) is 5.93. The second-order valence-electron chi connectivity index (χ2n) is 4.38. The molecule has 0 aromatic heterocycles. The van der Waals surface area contributed by atoms with Crippen LogP contribution in [0.4, 0.5) is 21.5 Å². The molecule has 0 radical (unpaired) electrons. The first kappa shape index (κ1) is 14.4. The van der Waals surface area contributed by atoms with Gasteiger partial charge < -0.3 is 10.4 Å². The van der Waals surface area contributed by atoms with Crippen LogP contribution >= 0.6 is 0 Å². The first-order valence-corrected chi connectivity index (χ1v) is 5.93. The summed E-state index contributed by atoms with van der Waals surface area (Å²) in [5.74, 6) is -1.74. The number of non-ortho nitro benzene ring substituents is 1. The van der Waals surface area contributed by atoms with Crippen molar-refractivity contribution in [2.45, 2.75) is 6.92 Å². The quantitative estimate of drug-likeness (QED) is 0.664. The van der Waals surface area contributed by atoms with Gasteiger partial charge in [-0.05, 0) is 30.7 Å². The van der Waals surface area contributed by atoms with Crippen molar-refractivity contribution in [1.29, 1.82) is 0 Å². The highest BCUT2D eigenvalue weighted by atomic mass is 19.1. The third kappa shape index (κ3) is 3.14. The Balaban J connectivity index is 2.41. The average molecular weight is 290 g/mol. The lowest BCUT2D eigenvalue weighted by molar-refractivity contribution is -0.384. The predicted molar refractivity (Wildman–Crippen MR) is 74.5 cm³/mol. The normalized spacial score (nSPS) is 10.2. The van der Waals surface area contributed by atoms with E-state index in [1.165, 1.54) is 18.2 Å². The molecule has 6 nitrogen and oxygen atoms in total. The molecule has 0 aliphatic carbocycles. The second-order valence-corrected chi connectivity index (χ2v) is 4.38. The molecule has 0 amide bonds. The van der Waals surface area contributed by atoms with Crippen LogP contribution in [0.15, 0.2) is 36.4 Å². The second kappa shape index (κ2) is 5.58. The Labute approximate surface area is 119 Å². The summed E-state index contributed by atoms with van der Waals surface area (Å²) in [6.45, 7) is 1.60. The number of nitro benzene ring substituents is 1. The molecule has 0 fully saturated rings. The molecule has 0 aliphatic heterocycles. The molecule has 2 aromatic carbocycles. The maximum absolute atomic E-state index is 13.5. The van der Waals surface area contributed by atoms with Crippen molar-refractivity contribution in [1.82, 2.24) is 0 Å². The molecule has 2 rings (SSSR count). The number of nitro groups is 1. The fraction of sp³-hybridized carbons (Fsp3) is 0.0714. The van der Waals surface area contributed by atoms with Crippen molar-refractivity contribution in [3.63, 3.8) is 0 Å². The SMILES string of the molecule is Cc1ccc(Nc2ccc([N+](=O)[O-])cc2C(=O)O)cc1F. The Bertz CT molecular complexity index is 731. The predicted octanol–water partition coefficient (Wildman–Crippen LogP) is 3.48. The molecule has 7 heteroatoms. The summed E-state index contributed by atoms with van der Waals surface area (Å²) < 4.78 is 13.5. The highest BCUT2D eigenvalue weighted by Gasteiger charge is 2.16. The zero-order valence-corrected chi connectivity index (χ0v) is 11.0. The van der Waals surface area contributed by atoms with Crippen LogP contribution in [-0.2, 0) is 0 Å². The van der Waals surface area contributed by atoms with Crippen LogP contribution in [0.2, 0.25) is 0 Å². The lowest BCUT2D eigenvalue weighted by Crippen LogP contribution is -2.04. The Morgan fingerprint density at radius 1 is 1.29 bits per heavy atom. The van der Waals surface area contributed by atoms with E-state index in [1.807, 2.05) is 0 Å². The summed E-state index contributed by atoms with van der Waals surface area (Å²) in [7, 11) is 0. The van der Waals surface area contributed by atoms with E-state index in [9.17, 15) is 19.3 Å². The number of benzene rings is 2. The molecule has 2 aromatic rings. The number of carbonyl (C=O) groups is 1. The molecule has 2 N–H and O–H groups in total. The molecular formula is C14H11FN2O4. The minimum atomic E-state index is -1.31. The number of nitrogens with zero attached hydrogens (tertiary/aromatic N) is 1. The third-order valence-electron chi connectivity index (χ3n) is 2.90. The van der Waals surface area contributed by atoms with Gasteiger partial charge >= 0.3 is 5.97 Å². The van der Waals surface area contributed by atoms with Crippen LogP contribution in [-0.4, -0.2) is 16.0 Å². The summed E-state index contributed by atoms with van der Waals surface area (Å²) in [4.78, 5) is 21.2. The molecule has 0 saturated carbocycles. The lowest BCUT2D eigenvalue weighted by atomic mass is 10.1. The van der Waals surface area contributed by atoms with Gasteiger partial charge in [-0.15, -0.1) is 0 Å². The van der Waals surface area contributed by atoms with Gasteiger partial charge in [0, 0.05) is 17.8 Å². The lowest BCUT2D eigenvalue weighted by Gasteiger charge is -2.10. The molecule has 0 bridgehead atoms. The van der Waals surface area contributed by atoms with Gasteiger partial charge in [0.25, 0.3) is 5.69 Å². The van der Waals surface area contributed by atoms with Crippen LogP contribution in [0.1, 0.15) is 15.9 Å². The molecule has 0 unspecified atom stereocenters. The minimum absolute atomic E-state index is 0.149. The van der Waals surface area contributed by atoms with Gasteiger partial charge in [-0.25, -0.2) is 9.18 Å². The van der Waals surface area contributed by atoms with E-state index in [0.29, 0.717) is 11.3 Å². The van der Waals surface area contributed by atoms with Gasteiger partial charge in [-0.3, -0.25) is 10.1 Å². The van der Waals surface area contributed by atoms with E-state index < -0.39 is 16.7 Å². The van der Waals surface area contributed by atoms with Gasteiger partial charge in [0.15, 0.2) is 0 Å². The van der Waals surface area contributed by atoms with Crippen molar-refractivity contribution in [3.8, 4) is 0 Å². The zero-order valence-electron chi connectivity index (χ0n) is 11.0. The van der Waals surface area contributed by atoms with E-state index in [0.717, 1.165) is 6.07 Å². The van der Waals surface area contributed by atoms with Crippen molar-refractivity contribution in [3.05, 3.63) is 63.5 Å². The standard InChI is InChI=1S/C14H11FN2O4/c1-8-2-3-9(6-12(8)15)16-13-5-4-10(17(20)21)7-11(13)14(18)19/h2-7,16H,1H3,(H,18,19).